The summed E-state index contributed by atoms with van der Waals surface area (Å²) in [6.45, 7) is 1.43. The molecule has 0 fully saturated rings. The molecule has 23 heavy (non-hydrogen) atoms. The van der Waals surface area contributed by atoms with Gasteiger partial charge in [-0.2, -0.15) is 0 Å². The lowest BCUT2D eigenvalue weighted by molar-refractivity contribution is -0.129. The molecule has 0 aliphatic rings. The Bertz CT molecular complexity index is 630. The molecule has 1 aromatic carbocycles. The highest BCUT2D eigenvalue weighted by molar-refractivity contribution is 5.81. The molecular formula is C15H19FN4O3. The Balaban J connectivity index is 1.89. The molecule has 0 saturated carbocycles. The molecule has 1 amide bonds. The topological polar surface area (TPSA) is 89.3 Å². The minimum Gasteiger partial charge on any atom is -0.385 e. The quantitative estimate of drug-likeness (QED) is 0.702. The first-order valence-electron chi connectivity index (χ1n) is 7.18. The molecule has 7 nitrogen and oxygen atoms in total. The first kappa shape index (κ1) is 17.0. The molecule has 124 valence electrons. The number of aliphatic hydroxyl groups is 1. The molecule has 0 saturated heterocycles. The van der Waals surface area contributed by atoms with Crippen molar-refractivity contribution >= 4 is 5.91 Å². The predicted molar refractivity (Wildman–Crippen MR) is 79.7 cm³/mol. The monoisotopic (exact) mass is 322 g/mol. The zero-order valence-corrected chi connectivity index (χ0v) is 12.8. The van der Waals surface area contributed by atoms with E-state index in [4.69, 9.17) is 4.74 Å². The van der Waals surface area contributed by atoms with Gasteiger partial charge in [0.2, 0.25) is 0 Å². The van der Waals surface area contributed by atoms with E-state index >= 15 is 0 Å². The van der Waals surface area contributed by atoms with Crippen LogP contribution in [0.4, 0.5) is 4.39 Å². The van der Waals surface area contributed by atoms with E-state index < -0.39 is 17.8 Å². The van der Waals surface area contributed by atoms with Crippen LogP contribution in [-0.4, -0.2) is 39.5 Å². The van der Waals surface area contributed by atoms with E-state index in [2.05, 4.69) is 15.5 Å². The van der Waals surface area contributed by atoms with Gasteiger partial charge in [0.05, 0.1) is 6.54 Å². The van der Waals surface area contributed by atoms with Gasteiger partial charge in [0, 0.05) is 20.3 Å². The van der Waals surface area contributed by atoms with Gasteiger partial charge in [-0.1, -0.05) is 12.1 Å². The standard InChI is InChI=1S/C15H19FN4O3/c1-23-8-2-7-20-10-18-19-13(20)9-17-15(22)14(21)11-3-5-12(16)6-4-11/h3-6,10,14,21H,2,7-9H2,1H3,(H,17,22). The van der Waals surface area contributed by atoms with Gasteiger partial charge in [-0.15, -0.1) is 10.2 Å². The third kappa shape index (κ3) is 4.83. The smallest absolute Gasteiger partial charge is 0.253 e. The molecule has 2 rings (SSSR count). The second-order valence-corrected chi connectivity index (χ2v) is 4.96. The van der Waals surface area contributed by atoms with E-state index in [1.807, 2.05) is 4.57 Å². The van der Waals surface area contributed by atoms with Crippen LogP contribution in [0.15, 0.2) is 30.6 Å². The molecule has 1 aromatic heterocycles. The highest BCUT2D eigenvalue weighted by Crippen LogP contribution is 2.13. The van der Waals surface area contributed by atoms with Crippen LogP contribution < -0.4 is 5.32 Å². The molecule has 0 radical (unpaired) electrons. The van der Waals surface area contributed by atoms with Crippen molar-refractivity contribution in [1.29, 1.82) is 0 Å². The number of rotatable bonds is 8. The van der Waals surface area contributed by atoms with Crippen molar-refractivity contribution in [2.24, 2.45) is 0 Å². The fraction of sp³-hybridized carbons (Fsp3) is 0.400. The van der Waals surface area contributed by atoms with Crippen LogP contribution in [0.25, 0.3) is 0 Å². The van der Waals surface area contributed by atoms with E-state index in [1.165, 1.54) is 24.3 Å². The van der Waals surface area contributed by atoms with Gasteiger partial charge >= 0.3 is 0 Å². The Morgan fingerprint density at radius 1 is 1.43 bits per heavy atom. The molecule has 0 bridgehead atoms. The van der Waals surface area contributed by atoms with Gasteiger partial charge in [-0.25, -0.2) is 4.39 Å². The number of aliphatic hydroxyl groups excluding tert-OH is 1. The first-order valence-corrected chi connectivity index (χ1v) is 7.18. The SMILES string of the molecule is COCCCn1cnnc1CNC(=O)C(O)c1ccc(F)cc1. The summed E-state index contributed by atoms with van der Waals surface area (Å²) in [5, 5.41) is 20.3. The number of hydrogen-bond donors (Lipinski definition) is 2. The third-order valence-electron chi connectivity index (χ3n) is 3.30. The van der Waals surface area contributed by atoms with Crippen LogP contribution in [0, 0.1) is 5.82 Å². The van der Waals surface area contributed by atoms with Crippen LogP contribution in [0.1, 0.15) is 23.9 Å². The van der Waals surface area contributed by atoms with E-state index in [0.29, 0.717) is 24.5 Å². The lowest BCUT2D eigenvalue weighted by atomic mass is 10.1. The number of benzene rings is 1. The van der Waals surface area contributed by atoms with Gasteiger partial charge in [0.15, 0.2) is 11.9 Å². The zero-order chi connectivity index (χ0) is 16.7. The normalized spacial score (nSPS) is 12.1. The van der Waals surface area contributed by atoms with Gasteiger partial charge in [0.25, 0.3) is 5.91 Å². The second kappa shape index (κ2) is 8.35. The Hall–Kier alpha value is -2.32. The Morgan fingerprint density at radius 2 is 2.17 bits per heavy atom. The Labute approximate surface area is 133 Å². The molecule has 2 aromatic rings. The number of aryl methyl sites for hydroxylation is 1. The number of methoxy groups -OCH3 is 1. The number of nitrogens with one attached hydrogen (secondary N) is 1. The lowest BCUT2D eigenvalue weighted by Crippen LogP contribution is -2.30. The van der Waals surface area contributed by atoms with Crippen molar-refractivity contribution < 1.29 is 19.0 Å². The molecule has 1 unspecified atom stereocenters. The number of amides is 1. The molecule has 0 aliphatic carbocycles. The van der Waals surface area contributed by atoms with Crippen LogP contribution in [0.3, 0.4) is 0 Å². The molecular weight excluding hydrogens is 303 g/mol. The van der Waals surface area contributed by atoms with Crippen molar-refractivity contribution in [2.45, 2.75) is 25.6 Å². The van der Waals surface area contributed by atoms with Crippen LogP contribution >= 0.6 is 0 Å². The molecule has 8 heteroatoms. The van der Waals surface area contributed by atoms with Crippen molar-refractivity contribution in [3.63, 3.8) is 0 Å². The average Bonchev–Trinajstić information content (AvgIpc) is 3.00. The number of carbonyl (C=O) groups excluding carboxylic acids is 1. The van der Waals surface area contributed by atoms with E-state index in [1.54, 1.807) is 13.4 Å². The fourth-order valence-corrected chi connectivity index (χ4v) is 2.04. The summed E-state index contributed by atoms with van der Waals surface area (Å²) in [4.78, 5) is 12.0. The minimum atomic E-state index is -1.36. The summed E-state index contributed by atoms with van der Waals surface area (Å²) in [5.74, 6) is -0.422. The summed E-state index contributed by atoms with van der Waals surface area (Å²) in [6, 6.07) is 5.12. The molecule has 1 atom stereocenters. The minimum absolute atomic E-state index is 0.143. The Morgan fingerprint density at radius 3 is 2.87 bits per heavy atom. The summed E-state index contributed by atoms with van der Waals surface area (Å²) >= 11 is 0. The van der Waals surface area contributed by atoms with Crippen LogP contribution in [0.2, 0.25) is 0 Å². The summed E-state index contributed by atoms with van der Waals surface area (Å²) in [6.07, 6.45) is 1.02. The maximum atomic E-state index is 12.8. The number of aromatic nitrogens is 3. The number of carbonyl (C=O) groups is 1. The van der Waals surface area contributed by atoms with Crippen LogP contribution in [0.5, 0.6) is 0 Å². The number of ether oxygens (including phenoxy) is 1. The van der Waals surface area contributed by atoms with Gasteiger partial charge in [-0.3, -0.25) is 4.79 Å². The van der Waals surface area contributed by atoms with Crippen molar-refractivity contribution in [3.05, 3.63) is 47.8 Å². The molecule has 0 aliphatic heterocycles. The van der Waals surface area contributed by atoms with E-state index in [-0.39, 0.29) is 6.54 Å². The lowest BCUT2D eigenvalue weighted by Gasteiger charge is -2.12. The van der Waals surface area contributed by atoms with Crippen molar-refractivity contribution in [1.82, 2.24) is 20.1 Å². The predicted octanol–water partition coefficient (Wildman–Crippen LogP) is 0.804. The fourth-order valence-electron chi connectivity index (χ4n) is 2.04. The zero-order valence-electron chi connectivity index (χ0n) is 12.8. The highest BCUT2D eigenvalue weighted by atomic mass is 19.1. The van der Waals surface area contributed by atoms with Crippen molar-refractivity contribution in [3.8, 4) is 0 Å². The highest BCUT2D eigenvalue weighted by Gasteiger charge is 2.17. The van der Waals surface area contributed by atoms with E-state index in [9.17, 15) is 14.3 Å². The summed E-state index contributed by atoms with van der Waals surface area (Å²) in [7, 11) is 1.63. The van der Waals surface area contributed by atoms with Crippen LogP contribution in [-0.2, 0) is 22.6 Å². The average molecular weight is 322 g/mol. The summed E-state index contributed by atoms with van der Waals surface area (Å²) < 4.78 is 19.6. The van der Waals surface area contributed by atoms with Gasteiger partial charge in [-0.05, 0) is 24.1 Å². The molecule has 0 spiro atoms. The van der Waals surface area contributed by atoms with E-state index in [0.717, 1.165) is 6.42 Å². The van der Waals surface area contributed by atoms with Crippen molar-refractivity contribution in [2.75, 3.05) is 13.7 Å². The number of hydrogen-bond acceptors (Lipinski definition) is 5. The maximum absolute atomic E-state index is 12.8. The largest absolute Gasteiger partial charge is 0.385 e. The third-order valence-corrected chi connectivity index (χ3v) is 3.30. The molecule has 1 heterocycles. The van der Waals surface area contributed by atoms with Gasteiger partial charge < -0.3 is 19.7 Å². The number of halogens is 1. The maximum Gasteiger partial charge on any atom is 0.253 e. The molecule has 2 N–H and O–H groups in total. The second-order valence-electron chi connectivity index (χ2n) is 4.96. The summed E-state index contributed by atoms with van der Waals surface area (Å²) in [5.41, 5.74) is 0.325. The number of nitrogens with zero attached hydrogens (tertiary/aromatic N) is 3. The first-order chi connectivity index (χ1) is 11.1. The van der Waals surface area contributed by atoms with Gasteiger partial charge in [0.1, 0.15) is 12.1 Å². The Kier molecular flexibility index (Phi) is 6.19.